The largest absolute Gasteiger partial charge is 0.508 e. The summed E-state index contributed by atoms with van der Waals surface area (Å²) in [6.07, 6.45) is -4.19. The summed E-state index contributed by atoms with van der Waals surface area (Å²) in [6, 6.07) is 12.4. The van der Waals surface area contributed by atoms with Crippen LogP contribution in [0.5, 0.6) is 40.2 Å². The van der Waals surface area contributed by atoms with E-state index in [0.29, 0.717) is 28.4 Å². The van der Waals surface area contributed by atoms with E-state index < -0.39 is 41.5 Å². The number of aliphatic hydroxyl groups is 2. The molecule has 10 heteroatoms. The number of carbonyl (C=O) groups excluding carboxylic acids is 1. The highest BCUT2D eigenvalue weighted by Gasteiger charge is 2.40. The summed E-state index contributed by atoms with van der Waals surface area (Å²) in [5.41, 5.74) is 0.473. The van der Waals surface area contributed by atoms with Gasteiger partial charge >= 0.3 is 0 Å². The minimum atomic E-state index is -1.61. The van der Waals surface area contributed by atoms with Gasteiger partial charge in [0.15, 0.2) is 47.4 Å². The van der Waals surface area contributed by atoms with Gasteiger partial charge in [0.1, 0.15) is 28.4 Å². The van der Waals surface area contributed by atoms with Crippen LogP contribution in [0.15, 0.2) is 48.5 Å². The lowest BCUT2D eigenvalue weighted by atomic mass is 9.92. The van der Waals surface area contributed by atoms with Crippen LogP contribution in [-0.4, -0.2) is 57.7 Å². The Hall–Kier alpha value is -4.15. The Kier molecular flexibility index (Phi) is 6.69. The molecule has 0 bridgehead atoms. The summed E-state index contributed by atoms with van der Waals surface area (Å²) in [6.45, 7) is 5.45. The first-order valence-electron chi connectivity index (χ1n) is 12.4. The molecule has 0 saturated carbocycles. The highest BCUT2D eigenvalue weighted by molar-refractivity contribution is 6.05. The molecule has 10 nitrogen and oxygen atoms in total. The number of phenols is 2. The average Bonchev–Trinajstić information content (AvgIpc) is 2.88. The van der Waals surface area contributed by atoms with Crippen LogP contribution in [0, 0.1) is 0 Å². The Morgan fingerprint density at radius 1 is 0.846 bits per heavy atom. The number of methoxy groups -OCH3 is 1. The summed E-state index contributed by atoms with van der Waals surface area (Å²) in [4.78, 5) is 12.8. The van der Waals surface area contributed by atoms with Crippen molar-refractivity contribution in [2.45, 2.75) is 50.8 Å². The first-order valence-corrected chi connectivity index (χ1v) is 12.4. The van der Waals surface area contributed by atoms with Crippen LogP contribution in [0.1, 0.15) is 54.5 Å². The molecule has 4 N–H and O–H groups in total. The molecule has 4 unspecified atom stereocenters. The zero-order chi connectivity index (χ0) is 28.1. The second-order valence-corrected chi connectivity index (χ2v) is 10.4. The van der Waals surface area contributed by atoms with Gasteiger partial charge in [-0.15, -0.1) is 0 Å². The lowest BCUT2D eigenvalue weighted by Crippen LogP contribution is -2.37. The van der Waals surface area contributed by atoms with Crippen molar-refractivity contribution in [3.63, 3.8) is 0 Å². The lowest BCUT2D eigenvalue weighted by Gasteiger charge is -2.35. The Morgan fingerprint density at radius 3 is 2.23 bits per heavy atom. The van der Waals surface area contributed by atoms with E-state index in [4.69, 9.17) is 23.7 Å². The van der Waals surface area contributed by atoms with Gasteiger partial charge in [-0.1, -0.05) is 12.1 Å². The fraction of sp³-hybridized carbons (Fsp3) is 0.345. The molecule has 0 aliphatic carbocycles. The van der Waals surface area contributed by atoms with E-state index in [9.17, 15) is 25.2 Å². The van der Waals surface area contributed by atoms with Crippen molar-refractivity contribution in [3.8, 4) is 40.2 Å². The summed E-state index contributed by atoms with van der Waals surface area (Å²) in [5.74, 6) is 0.182. The first kappa shape index (κ1) is 26.5. The van der Waals surface area contributed by atoms with Gasteiger partial charge in [0, 0.05) is 17.7 Å². The van der Waals surface area contributed by atoms with Crippen LogP contribution in [-0.2, 0) is 0 Å². The number of phenolic OH excluding ortho intramolecular Hbond substituents is 2. The molecule has 0 fully saturated rings. The smallest absolute Gasteiger partial charge is 0.202 e. The van der Waals surface area contributed by atoms with Gasteiger partial charge in [-0.05, 0) is 50.6 Å². The maximum absolute atomic E-state index is 12.8. The zero-order valence-corrected chi connectivity index (χ0v) is 21.9. The second-order valence-electron chi connectivity index (χ2n) is 10.4. The molecular weight excluding hydrogens is 508 g/mol. The van der Waals surface area contributed by atoms with Crippen LogP contribution in [0.3, 0.4) is 0 Å². The number of hydrogen-bond acceptors (Lipinski definition) is 10. The first-order chi connectivity index (χ1) is 18.5. The predicted molar refractivity (Wildman–Crippen MR) is 138 cm³/mol. The van der Waals surface area contributed by atoms with Gasteiger partial charge in [-0.25, -0.2) is 0 Å². The van der Waals surface area contributed by atoms with Crippen LogP contribution in [0.2, 0.25) is 0 Å². The molecule has 3 aromatic carbocycles. The molecule has 0 aromatic heterocycles. The molecule has 2 heterocycles. The summed E-state index contributed by atoms with van der Waals surface area (Å²) >= 11 is 0. The minimum Gasteiger partial charge on any atom is -0.508 e. The zero-order valence-electron chi connectivity index (χ0n) is 21.9. The van der Waals surface area contributed by atoms with Gasteiger partial charge < -0.3 is 44.1 Å². The number of rotatable bonds is 5. The summed E-state index contributed by atoms with van der Waals surface area (Å²) in [7, 11) is 1.54. The maximum atomic E-state index is 12.8. The van der Waals surface area contributed by atoms with E-state index >= 15 is 0 Å². The quantitative estimate of drug-likeness (QED) is 0.378. The number of hydrogen-bond donors (Lipinski definition) is 4. The molecule has 0 amide bonds. The Labute approximate surface area is 224 Å². The molecule has 0 saturated heterocycles. The molecule has 3 aromatic rings. The normalized spacial score (nSPS) is 22.1. The van der Waals surface area contributed by atoms with Crippen molar-refractivity contribution in [1.29, 1.82) is 0 Å². The third-order valence-electron chi connectivity index (χ3n) is 6.40. The second kappa shape index (κ2) is 9.87. The molecule has 39 heavy (non-hydrogen) atoms. The number of Topliss-reactive ketones (excluding diaryl/α,β-unsaturated/α-hetero) is 1. The Bertz CT molecular complexity index is 1410. The molecule has 5 rings (SSSR count). The van der Waals surface area contributed by atoms with E-state index in [1.165, 1.54) is 6.07 Å². The fourth-order valence-electron chi connectivity index (χ4n) is 4.68. The summed E-state index contributed by atoms with van der Waals surface area (Å²) in [5, 5.41) is 40.7. The van der Waals surface area contributed by atoms with Crippen LogP contribution < -0.4 is 23.7 Å². The topological polar surface area (TPSA) is 144 Å². The predicted octanol–water partition coefficient (Wildman–Crippen LogP) is 3.83. The van der Waals surface area contributed by atoms with Crippen LogP contribution in [0.4, 0.5) is 0 Å². The lowest BCUT2D eigenvalue weighted by molar-refractivity contribution is -0.0131. The number of aliphatic hydroxyl groups excluding tert-OH is 2. The van der Waals surface area contributed by atoms with E-state index in [1.54, 1.807) is 37.4 Å². The number of ketones is 1. The van der Waals surface area contributed by atoms with Gasteiger partial charge in [-0.2, -0.15) is 0 Å². The number of fused-ring (bicyclic) bond motifs is 2. The van der Waals surface area contributed by atoms with Crippen LogP contribution >= 0.6 is 0 Å². The van der Waals surface area contributed by atoms with Crippen LogP contribution in [0.25, 0.3) is 0 Å². The minimum absolute atomic E-state index is 0.0520. The molecule has 206 valence electrons. The number of benzene rings is 3. The SMILES string of the molecule is COc1cc(C2Oc3ccc(C4Oc5cc(O)cc(O)c5C(=O)C4O)cc3OC2CO)ccc1OC(C)(C)C. The van der Waals surface area contributed by atoms with Crippen molar-refractivity contribution in [1.82, 2.24) is 0 Å². The molecule has 4 atom stereocenters. The van der Waals surface area contributed by atoms with Gasteiger partial charge in [0.2, 0.25) is 5.78 Å². The average molecular weight is 539 g/mol. The molecular formula is C29H30O10. The van der Waals surface area contributed by atoms with E-state index in [1.807, 2.05) is 26.8 Å². The fourth-order valence-corrected chi connectivity index (χ4v) is 4.68. The van der Waals surface area contributed by atoms with Crippen molar-refractivity contribution in [2.24, 2.45) is 0 Å². The third-order valence-corrected chi connectivity index (χ3v) is 6.40. The van der Waals surface area contributed by atoms with Crippen molar-refractivity contribution < 1.29 is 48.9 Å². The van der Waals surface area contributed by atoms with E-state index in [-0.39, 0.29) is 29.4 Å². The van der Waals surface area contributed by atoms with Gasteiger partial charge in [0.05, 0.1) is 13.7 Å². The monoisotopic (exact) mass is 538 g/mol. The highest BCUT2D eigenvalue weighted by Crippen LogP contribution is 2.46. The maximum Gasteiger partial charge on any atom is 0.202 e. The molecule has 0 spiro atoms. The standard InChI is InChI=1S/C29H30O10/c1-29(2,3)39-19-8-6-14(9-20(19)35-4)27-23(13-30)36-21-10-15(5-7-18(21)37-27)28-26(34)25(33)24-17(32)11-16(31)12-22(24)38-28/h5-12,23,26-28,30-32,34H,13H2,1-4H3. The van der Waals surface area contributed by atoms with E-state index in [2.05, 4.69) is 0 Å². The third kappa shape index (κ3) is 5.00. The van der Waals surface area contributed by atoms with Crippen molar-refractivity contribution in [2.75, 3.05) is 13.7 Å². The van der Waals surface area contributed by atoms with Gasteiger partial charge in [0.25, 0.3) is 0 Å². The van der Waals surface area contributed by atoms with E-state index in [0.717, 1.165) is 6.07 Å². The summed E-state index contributed by atoms with van der Waals surface area (Å²) < 4.78 is 29.6. The number of ether oxygens (including phenoxy) is 5. The molecule has 2 aliphatic heterocycles. The molecule has 2 aliphatic rings. The van der Waals surface area contributed by atoms with Gasteiger partial charge in [-0.3, -0.25) is 4.79 Å². The van der Waals surface area contributed by atoms with Crippen molar-refractivity contribution >= 4 is 5.78 Å². The Balaban J connectivity index is 1.43. The number of aromatic hydroxyl groups is 2. The Morgan fingerprint density at radius 2 is 1.54 bits per heavy atom. The van der Waals surface area contributed by atoms with Crippen molar-refractivity contribution in [3.05, 3.63) is 65.2 Å². The molecule has 0 radical (unpaired) electrons. The highest BCUT2D eigenvalue weighted by atomic mass is 16.6. The number of carbonyl (C=O) groups is 1.